The number of furan rings is 1. The van der Waals surface area contributed by atoms with Gasteiger partial charge in [0.15, 0.2) is 0 Å². The van der Waals surface area contributed by atoms with Gasteiger partial charge in [-0.3, -0.25) is 4.79 Å². The molecule has 1 heterocycles. The zero-order valence-corrected chi connectivity index (χ0v) is 11.2. The molecule has 5 nitrogen and oxygen atoms in total. The first-order valence-corrected chi connectivity index (χ1v) is 6.35. The van der Waals surface area contributed by atoms with Crippen molar-refractivity contribution >= 4 is 12.0 Å². The Morgan fingerprint density at radius 1 is 1.29 bits per heavy atom. The van der Waals surface area contributed by atoms with Crippen LogP contribution in [0.3, 0.4) is 0 Å². The third kappa shape index (κ3) is 3.81. The highest BCUT2D eigenvalue weighted by atomic mass is 16.3. The molecule has 0 saturated carbocycles. The molecule has 2 rings (SSSR count). The van der Waals surface area contributed by atoms with Gasteiger partial charge in [-0.15, -0.1) is 0 Å². The van der Waals surface area contributed by atoms with Crippen LogP contribution in [0.1, 0.15) is 16.9 Å². The van der Waals surface area contributed by atoms with Gasteiger partial charge in [0.1, 0.15) is 17.4 Å². The highest BCUT2D eigenvalue weighted by Crippen LogP contribution is 2.10. The van der Waals surface area contributed by atoms with E-state index < -0.39 is 5.91 Å². The topological polar surface area (TPSA) is 86.3 Å². The van der Waals surface area contributed by atoms with E-state index in [1.54, 1.807) is 18.2 Å². The molecule has 2 aromatic rings. The van der Waals surface area contributed by atoms with Gasteiger partial charge in [-0.25, -0.2) is 0 Å². The average molecular weight is 282 g/mol. The van der Waals surface area contributed by atoms with Crippen molar-refractivity contribution in [3.63, 3.8) is 0 Å². The average Bonchev–Trinajstić information content (AvgIpc) is 3.03. The van der Waals surface area contributed by atoms with Gasteiger partial charge in [0.25, 0.3) is 5.91 Å². The number of nitrogens with zero attached hydrogens (tertiary/aromatic N) is 1. The molecule has 5 heteroatoms. The smallest absolute Gasteiger partial charge is 0.262 e. The van der Waals surface area contributed by atoms with Crippen molar-refractivity contribution in [2.45, 2.75) is 13.2 Å². The van der Waals surface area contributed by atoms with Gasteiger partial charge >= 0.3 is 0 Å². The van der Waals surface area contributed by atoms with E-state index in [1.165, 1.54) is 12.3 Å². The zero-order valence-electron chi connectivity index (χ0n) is 11.2. The van der Waals surface area contributed by atoms with Gasteiger partial charge < -0.3 is 14.8 Å². The fraction of sp³-hybridized carbons (Fsp3) is 0.125. The molecule has 1 aromatic carbocycles. The quantitative estimate of drug-likeness (QED) is 0.648. The van der Waals surface area contributed by atoms with Crippen molar-refractivity contribution in [1.82, 2.24) is 5.32 Å². The van der Waals surface area contributed by atoms with Gasteiger partial charge in [-0.2, -0.15) is 5.26 Å². The number of aliphatic hydroxyl groups excluding tert-OH is 1. The molecule has 106 valence electrons. The Morgan fingerprint density at radius 2 is 2.05 bits per heavy atom. The monoisotopic (exact) mass is 282 g/mol. The van der Waals surface area contributed by atoms with Crippen molar-refractivity contribution in [2.75, 3.05) is 0 Å². The minimum Gasteiger partial charge on any atom is -0.465 e. The molecule has 21 heavy (non-hydrogen) atoms. The number of nitriles is 1. The maximum atomic E-state index is 12.0. The standard InChI is InChI=1S/C16H14N2O3/c17-9-14(8-15-6-3-7-21-15)16(20)18-10-12-4-1-2-5-13(12)11-19/h1-8,19H,10-11H2,(H,18,20)/b14-8+. The Hall–Kier alpha value is -2.84. The molecule has 0 spiro atoms. The molecule has 0 radical (unpaired) electrons. The van der Waals surface area contributed by atoms with Crippen LogP contribution in [0.25, 0.3) is 6.08 Å². The van der Waals surface area contributed by atoms with Gasteiger partial charge in [0.05, 0.1) is 12.9 Å². The second kappa shape index (κ2) is 7.08. The summed E-state index contributed by atoms with van der Waals surface area (Å²) in [6.45, 7) is 0.145. The van der Waals surface area contributed by atoms with Crippen LogP contribution in [0.4, 0.5) is 0 Å². The fourth-order valence-electron chi connectivity index (χ4n) is 1.82. The summed E-state index contributed by atoms with van der Waals surface area (Å²) in [6, 6.07) is 12.4. The van der Waals surface area contributed by atoms with E-state index in [4.69, 9.17) is 9.68 Å². The van der Waals surface area contributed by atoms with Crippen molar-refractivity contribution in [1.29, 1.82) is 5.26 Å². The maximum Gasteiger partial charge on any atom is 0.262 e. The van der Waals surface area contributed by atoms with Crippen molar-refractivity contribution in [3.8, 4) is 6.07 Å². The first-order valence-electron chi connectivity index (χ1n) is 6.35. The molecular formula is C16H14N2O3. The maximum absolute atomic E-state index is 12.0. The number of hydrogen-bond acceptors (Lipinski definition) is 4. The Kier molecular flexibility index (Phi) is 4.91. The number of carbonyl (C=O) groups is 1. The van der Waals surface area contributed by atoms with E-state index in [0.717, 1.165) is 11.1 Å². The van der Waals surface area contributed by atoms with E-state index in [0.29, 0.717) is 5.76 Å². The van der Waals surface area contributed by atoms with Crippen LogP contribution in [0.15, 0.2) is 52.7 Å². The van der Waals surface area contributed by atoms with Gasteiger partial charge in [-0.1, -0.05) is 24.3 Å². The minimum atomic E-state index is -0.485. The van der Waals surface area contributed by atoms with Crippen molar-refractivity contribution in [3.05, 3.63) is 65.1 Å². The third-order valence-corrected chi connectivity index (χ3v) is 2.92. The summed E-state index contributed by atoms with van der Waals surface area (Å²) in [5.41, 5.74) is 1.52. The molecule has 0 fully saturated rings. The highest BCUT2D eigenvalue weighted by Gasteiger charge is 2.10. The number of hydrogen-bond donors (Lipinski definition) is 2. The lowest BCUT2D eigenvalue weighted by molar-refractivity contribution is -0.117. The Labute approximate surface area is 122 Å². The summed E-state index contributed by atoms with van der Waals surface area (Å²) < 4.78 is 5.07. The molecule has 0 aliphatic heterocycles. The van der Waals surface area contributed by atoms with Crippen LogP contribution < -0.4 is 5.32 Å². The van der Waals surface area contributed by atoms with Crippen molar-refractivity contribution < 1.29 is 14.3 Å². The predicted molar refractivity (Wildman–Crippen MR) is 76.5 cm³/mol. The Bertz CT molecular complexity index is 682. The summed E-state index contributed by atoms with van der Waals surface area (Å²) in [7, 11) is 0. The first kappa shape index (κ1) is 14.6. The number of benzene rings is 1. The van der Waals surface area contributed by atoms with Crippen molar-refractivity contribution in [2.24, 2.45) is 0 Å². The summed E-state index contributed by atoms with van der Waals surface area (Å²) in [6.07, 6.45) is 2.85. The largest absolute Gasteiger partial charge is 0.465 e. The molecule has 0 saturated heterocycles. The number of aliphatic hydroxyl groups is 1. The van der Waals surface area contributed by atoms with E-state index >= 15 is 0 Å². The highest BCUT2D eigenvalue weighted by molar-refractivity contribution is 6.01. The molecule has 1 aromatic heterocycles. The number of carbonyl (C=O) groups excluding carboxylic acids is 1. The molecule has 0 aliphatic carbocycles. The lowest BCUT2D eigenvalue weighted by Gasteiger charge is -2.08. The SMILES string of the molecule is N#C/C(=C\c1ccco1)C(=O)NCc1ccccc1CO. The van der Waals surface area contributed by atoms with Crippen LogP contribution in [0.5, 0.6) is 0 Å². The second-order valence-corrected chi connectivity index (χ2v) is 4.29. The minimum absolute atomic E-state index is 0.0357. The lowest BCUT2D eigenvalue weighted by Crippen LogP contribution is -2.24. The molecule has 1 amide bonds. The molecular weight excluding hydrogens is 268 g/mol. The Morgan fingerprint density at radius 3 is 2.67 bits per heavy atom. The van der Waals surface area contributed by atoms with Crippen LogP contribution >= 0.6 is 0 Å². The fourth-order valence-corrected chi connectivity index (χ4v) is 1.82. The summed E-state index contributed by atoms with van der Waals surface area (Å²) in [5, 5.41) is 20.9. The second-order valence-electron chi connectivity index (χ2n) is 4.29. The molecule has 0 aliphatic rings. The molecule has 2 N–H and O–H groups in total. The third-order valence-electron chi connectivity index (χ3n) is 2.92. The predicted octanol–water partition coefficient (Wildman–Crippen LogP) is 2.00. The van der Waals surface area contributed by atoms with E-state index in [2.05, 4.69) is 5.32 Å². The zero-order chi connectivity index (χ0) is 15.1. The van der Waals surface area contributed by atoms with Crippen LogP contribution in [-0.2, 0) is 17.9 Å². The lowest BCUT2D eigenvalue weighted by atomic mass is 10.1. The number of amides is 1. The van der Waals surface area contributed by atoms with Gasteiger partial charge in [-0.05, 0) is 23.3 Å². The van der Waals surface area contributed by atoms with Crippen LogP contribution in [0.2, 0.25) is 0 Å². The summed E-state index contributed by atoms with van der Waals surface area (Å²) in [5.74, 6) is -0.0425. The van der Waals surface area contributed by atoms with Crippen LogP contribution in [-0.4, -0.2) is 11.0 Å². The van der Waals surface area contributed by atoms with E-state index in [9.17, 15) is 9.90 Å². The Balaban J connectivity index is 2.06. The molecule has 0 bridgehead atoms. The van der Waals surface area contributed by atoms with Crippen LogP contribution in [0, 0.1) is 11.3 Å². The number of rotatable bonds is 5. The normalized spacial score (nSPS) is 11.0. The van der Waals surface area contributed by atoms with Gasteiger partial charge in [0.2, 0.25) is 0 Å². The first-order chi connectivity index (χ1) is 10.2. The molecule has 0 atom stereocenters. The van der Waals surface area contributed by atoms with E-state index in [-0.39, 0.29) is 18.7 Å². The summed E-state index contributed by atoms with van der Waals surface area (Å²) in [4.78, 5) is 12.0. The van der Waals surface area contributed by atoms with E-state index in [1.807, 2.05) is 24.3 Å². The molecule has 0 unspecified atom stereocenters. The number of nitrogens with one attached hydrogen (secondary N) is 1. The van der Waals surface area contributed by atoms with Gasteiger partial charge in [0, 0.05) is 12.6 Å². The summed E-state index contributed by atoms with van der Waals surface area (Å²) >= 11 is 0.